The summed E-state index contributed by atoms with van der Waals surface area (Å²) in [4.78, 5) is 4.48. The van der Waals surface area contributed by atoms with E-state index in [1.165, 1.54) is 16.7 Å². The van der Waals surface area contributed by atoms with Crippen LogP contribution in [0.1, 0.15) is 23.1 Å². The van der Waals surface area contributed by atoms with Crippen molar-refractivity contribution in [3.8, 4) is 0 Å². The van der Waals surface area contributed by atoms with E-state index < -0.39 is 0 Å². The van der Waals surface area contributed by atoms with Crippen molar-refractivity contribution in [1.29, 1.82) is 0 Å². The maximum Gasteiger partial charge on any atom is 0.244 e. The minimum Gasteiger partial charge on any atom is -0.353 e. The van der Waals surface area contributed by atoms with Crippen molar-refractivity contribution in [3.05, 3.63) is 71.4 Å². The number of aromatic nitrogens is 3. The second-order valence-corrected chi connectivity index (χ2v) is 6.12. The molecule has 0 saturated carbocycles. The standard InChI is InChI=1S/C20H23N5/c1-15-10-11-18(16(2)13-15)23-19-14-22-25-20(24-19)21-12-6-9-17-7-4-3-5-8-17/h3-5,7-8,10-11,13-14H,6,9,12H2,1-2H3,(H2,21,23,24,25). The molecule has 5 nitrogen and oxygen atoms in total. The maximum atomic E-state index is 4.48. The molecule has 1 aromatic heterocycles. The van der Waals surface area contributed by atoms with Gasteiger partial charge in [-0.3, -0.25) is 0 Å². The first-order valence-electron chi connectivity index (χ1n) is 8.52. The Morgan fingerprint density at radius 3 is 2.64 bits per heavy atom. The van der Waals surface area contributed by atoms with E-state index in [4.69, 9.17) is 0 Å². The molecule has 3 rings (SSSR count). The molecule has 0 aliphatic heterocycles. The molecular formula is C20H23N5. The normalized spacial score (nSPS) is 10.5. The summed E-state index contributed by atoms with van der Waals surface area (Å²) in [5.41, 5.74) is 4.79. The summed E-state index contributed by atoms with van der Waals surface area (Å²) < 4.78 is 0. The molecule has 0 spiro atoms. The molecule has 0 aliphatic carbocycles. The van der Waals surface area contributed by atoms with Gasteiger partial charge in [0.05, 0.1) is 6.20 Å². The van der Waals surface area contributed by atoms with Gasteiger partial charge < -0.3 is 10.6 Å². The highest BCUT2D eigenvalue weighted by Crippen LogP contribution is 2.20. The molecule has 0 unspecified atom stereocenters. The Balaban J connectivity index is 1.54. The number of nitrogens with one attached hydrogen (secondary N) is 2. The van der Waals surface area contributed by atoms with Gasteiger partial charge in [-0.1, -0.05) is 48.0 Å². The minimum absolute atomic E-state index is 0.544. The van der Waals surface area contributed by atoms with Gasteiger partial charge in [0.1, 0.15) is 0 Å². The monoisotopic (exact) mass is 333 g/mol. The number of benzene rings is 2. The van der Waals surface area contributed by atoms with Crippen molar-refractivity contribution < 1.29 is 0 Å². The number of hydrogen-bond acceptors (Lipinski definition) is 5. The first kappa shape index (κ1) is 16.9. The zero-order valence-electron chi connectivity index (χ0n) is 14.7. The van der Waals surface area contributed by atoms with Gasteiger partial charge in [0.25, 0.3) is 0 Å². The van der Waals surface area contributed by atoms with Gasteiger partial charge in [0.15, 0.2) is 5.82 Å². The van der Waals surface area contributed by atoms with E-state index in [-0.39, 0.29) is 0 Å². The van der Waals surface area contributed by atoms with Gasteiger partial charge in [-0.15, -0.1) is 5.10 Å². The van der Waals surface area contributed by atoms with Crippen LogP contribution in [0.2, 0.25) is 0 Å². The topological polar surface area (TPSA) is 62.7 Å². The average Bonchev–Trinajstić information content (AvgIpc) is 2.62. The second-order valence-electron chi connectivity index (χ2n) is 6.12. The van der Waals surface area contributed by atoms with Crippen LogP contribution in [0.4, 0.5) is 17.5 Å². The Morgan fingerprint density at radius 1 is 1.00 bits per heavy atom. The molecule has 2 N–H and O–H groups in total. The third kappa shape index (κ3) is 5.01. The number of aryl methyl sites for hydroxylation is 3. The van der Waals surface area contributed by atoms with E-state index in [1.807, 2.05) is 6.07 Å². The Bertz CT molecular complexity index is 817. The lowest BCUT2D eigenvalue weighted by molar-refractivity contribution is 0.843. The molecule has 0 bridgehead atoms. The Hall–Kier alpha value is -2.95. The fraction of sp³-hybridized carbons (Fsp3) is 0.250. The lowest BCUT2D eigenvalue weighted by Gasteiger charge is -2.10. The van der Waals surface area contributed by atoms with Gasteiger partial charge >= 0.3 is 0 Å². The Kier molecular flexibility index (Phi) is 5.57. The molecule has 3 aromatic rings. The lowest BCUT2D eigenvalue weighted by atomic mass is 10.1. The molecule has 25 heavy (non-hydrogen) atoms. The van der Waals surface area contributed by atoms with Crippen LogP contribution in [0.15, 0.2) is 54.7 Å². The molecule has 0 amide bonds. The summed E-state index contributed by atoms with van der Waals surface area (Å²) in [6, 6.07) is 16.7. The molecule has 0 saturated heterocycles. The van der Waals surface area contributed by atoms with E-state index in [0.29, 0.717) is 11.8 Å². The summed E-state index contributed by atoms with van der Waals surface area (Å²) in [5.74, 6) is 1.23. The van der Waals surface area contributed by atoms with Gasteiger partial charge in [0.2, 0.25) is 5.95 Å². The lowest BCUT2D eigenvalue weighted by Crippen LogP contribution is -2.08. The minimum atomic E-state index is 0.544. The van der Waals surface area contributed by atoms with Crippen LogP contribution in [0.3, 0.4) is 0 Å². The van der Waals surface area contributed by atoms with Crippen molar-refractivity contribution in [1.82, 2.24) is 15.2 Å². The number of rotatable bonds is 7. The summed E-state index contributed by atoms with van der Waals surface area (Å²) in [7, 11) is 0. The number of nitrogens with zero attached hydrogens (tertiary/aromatic N) is 3. The van der Waals surface area contributed by atoms with Crippen LogP contribution in [0, 0.1) is 13.8 Å². The quantitative estimate of drug-likeness (QED) is 0.632. The fourth-order valence-corrected chi connectivity index (χ4v) is 2.67. The van der Waals surface area contributed by atoms with E-state index in [1.54, 1.807) is 6.20 Å². The van der Waals surface area contributed by atoms with Crippen molar-refractivity contribution in [3.63, 3.8) is 0 Å². The number of hydrogen-bond donors (Lipinski definition) is 2. The van der Waals surface area contributed by atoms with Crippen LogP contribution < -0.4 is 10.6 Å². The summed E-state index contributed by atoms with van der Waals surface area (Å²) in [6.45, 7) is 4.97. The van der Waals surface area contributed by atoms with Crippen LogP contribution in [0.25, 0.3) is 0 Å². The molecule has 128 valence electrons. The van der Waals surface area contributed by atoms with Crippen LogP contribution in [0.5, 0.6) is 0 Å². The van der Waals surface area contributed by atoms with Gasteiger partial charge in [0, 0.05) is 12.2 Å². The van der Waals surface area contributed by atoms with Crippen molar-refractivity contribution in [2.45, 2.75) is 26.7 Å². The molecule has 0 atom stereocenters. The first-order valence-corrected chi connectivity index (χ1v) is 8.52. The number of anilines is 3. The SMILES string of the molecule is Cc1ccc(Nc2cnnc(NCCCc3ccccc3)n2)c(C)c1. The predicted molar refractivity (Wildman–Crippen MR) is 102 cm³/mol. The fourth-order valence-electron chi connectivity index (χ4n) is 2.67. The second kappa shape index (κ2) is 8.24. The highest BCUT2D eigenvalue weighted by molar-refractivity contribution is 5.60. The average molecular weight is 333 g/mol. The van der Waals surface area contributed by atoms with E-state index in [2.05, 4.69) is 82.1 Å². The molecular weight excluding hydrogens is 310 g/mol. The Morgan fingerprint density at radius 2 is 1.84 bits per heavy atom. The molecule has 0 aliphatic rings. The van der Waals surface area contributed by atoms with Gasteiger partial charge in [-0.25, -0.2) is 0 Å². The maximum absolute atomic E-state index is 4.48. The first-order chi connectivity index (χ1) is 12.2. The molecule has 5 heteroatoms. The van der Waals surface area contributed by atoms with Crippen molar-refractivity contribution in [2.75, 3.05) is 17.2 Å². The highest BCUT2D eigenvalue weighted by atomic mass is 15.3. The van der Waals surface area contributed by atoms with Crippen LogP contribution in [-0.4, -0.2) is 21.7 Å². The molecule has 0 fully saturated rings. The predicted octanol–water partition coefficient (Wildman–Crippen LogP) is 4.28. The van der Waals surface area contributed by atoms with E-state index in [0.717, 1.165) is 25.1 Å². The van der Waals surface area contributed by atoms with E-state index in [9.17, 15) is 0 Å². The Labute approximate surface area is 148 Å². The largest absolute Gasteiger partial charge is 0.353 e. The van der Waals surface area contributed by atoms with Crippen molar-refractivity contribution >= 4 is 17.5 Å². The van der Waals surface area contributed by atoms with Gasteiger partial charge in [-0.2, -0.15) is 10.1 Å². The summed E-state index contributed by atoms with van der Waals surface area (Å²) in [5, 5.41) is 14.6. The summed E-state index contributed by atoms with van der Waals surface area (Å²) >= 11 is 0. The third-order valence-electron chi connectivity index (χ3n) is 3.97. The zero-order chi connectivity index (χ0) is 17.5. The van der Waals surface area contributed by atoms with Gasteiger partial charge in [-0.05, 0) is 43.9 Å². The third-order valence-corrected chi connectivity index (χ3v) is 3.97. The smallest absolute Gasteiger partial charge is 0.244 e. The van der Waals surface area contributed by atoms with Crippen LogP contribution >= 0.6 is 0 Å². The van der Waals surface area contributed by atoms with Crippen molar-refractivity contribution in [2.24, 2.45) is 0 Å². The van der Waals surface area contributed by atoms with E-state index >= 15 is 0 Å². The zero-order valence-corrected chi connectivity index (χ0v) is 14.7. The highest BCUT2D eigenvalue weighted by Gasteiger charge is 2.03. The molecule has 1 heterocycles. The molecule has 2 aromatic carbocycles. The molecule has 0 radical (unpaired) electrons. The van der Waals surface area contributed by atoms with Crippen LogP contribution in [-0.2, 0) is 6.42 Å². The summed E-state index contributed by atoms with van der Waals surface area (Å²) in [6.07, 6.45) is 3.68.